The number of ether oxygens (including phenoxy) is 2. The summed E-state index contributed by atoms with van der Waals surface area (Å²) in [5.41, 5.74) is 0. The van der Waals surface area contributed by atoms with Gasteiger partial charge < -0.3 is 14.6 Å². The average Bonchev–Trinajstić information content (AvgIpc) is 2.14. The predicted molar refractivity (Wildman–Crippen MR) is 55.6 cm³/mol. The van der Waals surface area contributed by atoms with Gasteiger partial charge >= 0.3 is 11.9 Å². The Bertz CT molecular complexity index is 179. The molecule has 0 saturated heterocycles. The smallest absolute Gasteiger partial charge is 0.303 e. The largest absolute Gasteiger partial charge is 0.481 e. The molecule has 5 nitrogen and oxygen atoms in total. The summed E-state index contributed by atoms with van der Waals surface area (Å²) in [6.45, 7) is 7.84. The molecule has 90 valence electrons. The second-order valence-electron chi connectivity index (χ2n) is 2.83. The normalized spacial score (nSPS) is 10.9. The lowest BCUT2D eigenvalue weighted by Gasteiger charge is -2.10. The second kappa shape index (κ2) is 11.0. The molecule has 0 heterocycles. The average molecular weight is 220 g/mol. The maximum Gasteiger partial charge on any atom is 0.303 e. The van der Waals surface area contributed by atoms with Gasteiger partial charge in [-0.05, 0) is 13.8 Å². The quantitative estimate of drug-likeness (QED) is 0.710. The van der Waals surface area contributed by atoms with Crippen LogP contribution >= 0.6 is 0 Å². The van der Waals surface area contributed by atoms with E-state index in [4.69, 9.17) is 14.6 Å². The molecule has 0 bridgehead atoms. The van der Waals surface area contributed by atoms with Crippen LogP contribution in [0.1, 0.15) is 34.1 Å². The summed E-state index contributed by atoms with van der Waals surface area (Å²) in [6.07, 6.45) is 0.0949. The fraction of sp³-hybridized carbons (Fsp3) is 0.800. The number of carbonyl (C=O) groups is 2. The van der Waals surface area contributed by atoms with Gasteiger partial charge in [0.25, 0.3) is 0 Å². The Kier molecular flexibility index (Phi) is 12.0. The van der Waals surface area contributed by atoms with Crippen LogP contribution in [0.2, 0.25) is 0 Å². The zero-order chi connectivity index (χ0) is 12.3. The standard InChI is InChI=1S/C7H14O3.C3H6O2/c1-4-9-5-6(2)10-7(3)8;1-2-3(4)5/h6H,4-5H2,1-3H3;2H2,1H3,(H,4,5). The van der Waals surface area contributed by atoms with Crippen molar-refractivity contribution < 1.29 is 24.2 Å². The third-order valence-electron chi connectivity index (χ3n) is 1.23. The third-order valence-corrected chi connectivity index (χ3v) is 1.23. The number of hydrogen-bond acceptors (Lipinski definition) is 4. The highest BCUT2D eigenvalue weighted by atomic mass is 16.6. The Morgan fingerprint density at radius 2 is 1.80 bits per heavy atom. The van der Waals surface area contributed by atoms with Crippen LogP contribution in [0.4, 0.5) is 0 Å². The summed E-state index contributed by atoms with van der Waals surface area (Å²) in [7, 11) is 0. The number of rotatable bonds is 5. The summed E-state index contributed by atoms with van der Waals surface area (Å²) in [6, 6.07) is 0. The molecule has 0 fully saturated rings. The number of carboxylic acids is 1. The fourth-order valence-corrected chi connectivity index (χ4v) is 0.601. The number of hydrogen-bond donors (Lipinski definition) is 1. The van der Waals surface area contributed by atoms with Crippen LogP contribution in [-0.2, 0) is 19.1 Å². The van der Waals surface area contributed by atoms with Crippen molar-refractivity contribution in [3.05, 3.63) is 0 Å². The molecular weight excluding hydrogens is 200 g/mol. The Hall–Kier alpha value is -1.10. The van der Waals surface area contributed by atoms with Crippen LogP contribution in [0.25, 0.3) is 0 Å². The van der Waals surface area contributed by atoms with Crippen molar-refractivity contribution in [3.8, 4) is 0 Å². The molecule has 0 aromatic carbocycles. The van der Waals surface area contributed by atoms with Crippen LogP contribution < -0.4 is 0 Å². The van der Waals surface area contributed by atoms with Crippen molar-refractivity contribution in [2.24, 2.45) is 0 Å². The molecule has 0 aliphatic heterocycles. The van der Waals surface area contributed by atoms with Gasteiger partial charge in [0.1, 0.15) is 6.10 Å². The first-order valence-electron chi connectivity index (χ1n) is 4.90. The molecule has 0 saturated carbocycles. The van der Waals surface area contributed by atoms with E-state index in [0.29, 0.717) is 13.2 Å². The van der Waals surface area contributed by atoms with E-state index in [-0.39, 0.29) is 18.5 Å². The van der Waals surface area contributed by atoms with Gasteiger partial charge in [0.05, 0.1) is 6.61 Å². The highest BCUT2D eigenvalue weighted by Gasteiger charge is 2.03. The van der Waals surface area contributed by atoms with Gasteiger partial charge in [-0.3, -0.25) is 9.59 Å². The van der Waals surface area contributed by atoms with E-state index in [1.807, 2.05) is 6.92 Å². The Morgan fingerprint density at radius 1 is 1.33 bits per heavy atom. The lowest BCUT2D eigenvalue weighted by Crippen LogP contribution is -2.18. The minimum Gasteiger partial charge on any atom is -0.481 e. The minimum atomic E-state index is -0.745. The van der Waals surface area contributed by atoms with Crippen molar-refractivity contribution in [1.29, 1.82) is 0 Å². The summed E-state index contributed by atoms with van der Waals surface area (Å²) in [5.74, 6) is -1.00. The van der Waals surface area contributed by atoms with E-state index in [2.05, 4.69) is 0 Å². The van der Waals surface area contributed by atoms with Gasteiger partial charge in [0.2, 0.25) is 0 Å². The molecule has 1 atom stereocenters. The van der Waals surface area contributed by atoms with Gasteiger partial charge in [0, 0.05) is 20.0 Å². The van der Waals surface area contributed by atoms with Gasteiger partial charge in [-0.2, -0.15) is 0 Å². The van der Waals surface area contributed by atoms with Crippen LogP contribution in [0.15, 0.2) is 0 Å². The molecule has 0 aromatic rings. The van der Waals surface area contributed by atoms with Gasteiger partial charge in [0.15, 0.2) is 0 Å². The van der Waals surface area contributed by atoms with Gasteiger partial charge in [-0.1, -0.05) is 6.92 Å². The predicted octanol–water partition coefficient (Wildman–Crippen LogP) is 1.46. The van der Waals surface area contributed by atoms with Crippen molar-refractivity contribution >= 4 is 11.9 Å². The molecule has 0 aliphatic carbocycles. The molecule has 0 amide bonds. The summed E-state index contributed by atoms with van der Waals surface area (Å²) < 4.78 is 9.81. The Labute approximate surface area is 90.4 Å². The zero-order valence-electron chi connectivity index (χ0n) is 9.78. The fourth-order valence-electron chi connectivity index (χ4n) is 0.601. The molecule has 5 heteroatoms. The molecule has 0 aliphatic rings. The van der Waals surface area contributed by atoms with Crippen LogP contribution in [0.5, 0.6) is 0 Å². The molecular formula is C10H20O5. The highest BCUT2D eigenvalue weighted by molar-refractivity contribution is 5.66. The number of aliphatic carboxylic acids is 1. The Morgan fingerprint density at radius 3 is 2.07 bits per heavy atom. The van der Waals surface area contributed by atoms with Crippen molar-refractivity contribution in [2.75, 3.05) is 13.2 Å². The topological polar surface area (TPSA) is 72.8 Å². The van der Waals surface area contributed by atoms with E-state index in [1.165, 1.54) is 6.92 Å². The molecule has 0 radical (unpaired) electrons. The summed E-state index contributed by atoms with van der Waals surface area (Å²) in [5, 5.41) is 7.72. The molecule has 1 unspecified atom stereocenters. The third kappa shape index (κ3) is 19.3. The number of esters is 1. The van der Waals surface area contributed by atoms with Gasteiger partial charge in [-0.15, -0.1) is 0 Å². The number of carboxylic acid groups (broad SMARTS) is 1. The lowest BCUT2D eigenvalue weighted by atomic mass is 10.4. The summed E-state index contributed by atoms with van der Waals surface area (Å²) in [4.78, 5) is 19.7. The maximum atomic E-state index is 10.3. The second-order valence-corrected chi connectivity index (χ2v) is 2.83. The molecule has 0 rings (SSSR count). The first-order valence-corrected chi connectivity index (χ1v) is 4.90. The minimum absolute atomic E-state index is 0.127. The molecule has 15 heavy (non-hydrogen) atoms. The van der Waals surface area contributed by atoms with E-state index in [0.717, 1.165) is 0 Å². The first kappa shape index (κ1) is 16.3. The van der Waals surface area contributed by atoms with Crippen LogP contribution in [0.3, 0.4) is 0 Å². The van der Waals surface area contributed by atoms with Crippen molar-refractivity contribution in [1.82, 2.24) is 0 Å². The molecule has 0 spiro atoms. The SMILES string of the molecule is CCC(=O)O.CCOCC(C)OC(C)=O. The lowest BCUT2D eigenvalue weighted by molar-refractivity contribution is -0.148. The van der Waals surface area contributed by atoms with Crippen molar-refractivity contribution in [2.45, 2.75) is 40.2 Å². The van der Waals surface area contributed by atoms with Crippen molar-refractivity contribution in [3.63, 3.8) is 0 Å². The Balaban J connectivity index is 0. The maximum absolute atomic E-state index is 10.3. The van der Waals surface area contributed by atoms with Gasteiger partial charge in [-0.25, -0.2) is 0 Å². The number of carbonyl (C=O) groups excluding carboxylic acids is 1. The van der Waals surface area contributed by atoms with E-state index < -0.39 is 5.97 Å². The van der Waals surface area contributed by atoms with E-state index >= 15 is 0 Å². The summed E-state index contributed by atoms with van der Waals surface area (Å²) >= 11 is 0. The highest BCUT2D eigenvalue weighted by Crippen LogP contribution is 1.91. The zero-order valence-corrected chi connectivity index (χ0v) is 9.78. The van der Waals surface area contributed by atoms with E-state index in [1.54, 1.807) is 13.8 Å². The van der Waals surface area contributed by atoms with Crippen LogP contribution in [-0.4, -0.2) is 36.4 Å². The first-order chi connectivity index (χ1) is 6.93. The van der Waals surface area contributed by atoms with E-state index in [9.17, 15) is 9.59 Å². The molecule has 1 N–H and O–H groups in total. The van der Waals surface area contributed by atoms with Crippen LogP contribution in [0, 0.1) is 0 Å². The molecule has 0 aromatic heterocycles. The monoisotopic (exact) mass is 220 g/mol.